The molecule has 0 spiro atoms. The number of anilines is 1. The molecule has 0 aliphatic carbocycles. The van der Waals surface area contributed by atoms with Crippen LogP contribution in [0.3, 0.4) is 0 Å². The molecule has 170 valence electrons. The molecule has 1 saturated heterocycles. The molecule has 2 aliphatic heterocycles. The minimum Gasteiger partial charge on any atom is -0.487 e. The first kappa shape index (κ1) is 22.2. The van der Waals surface area contributed by atoms with Gasteiger partial charge in [0.25, 0.3) is 5.91 Å². The summed E-state index contributed by atoms with van der Waals surface area (Å²) in [5.41, 5.74) is 2.04. The molecule has 0 radical (unpaired) electrons. The summed E-state index contributed by atoms with van der Waals surface area (Å²) in [6.45, 7) is 0.668. The van der Waals surface area contributed by atoms with Gasteiger partial charge in [-0.05, 0) is 36.8 Å². The van der Waals surface area contributed by atoms with Gasteiger partial charge in [-0.25, -0.2) is 0 Å². The van der Waals surface area contributed by atoms with Crippen LogP contribution in [0, 0.1) is 0 Å². The fraction of sp³-hybridized carbons (Fsp3) is 0.435. The summed E-state index contributed by atoms with van der Waals surface area (Å²) < 4.78 is 17.0. The molecule has 0 unspecified atom stereocenters. The molecular weight excluding hydrogens is 414 g/mol. The molecular formula is C23H27N3O6. The van der Waals surface area contributed by atoms with E-state index >= 15 is 0 Å². The molecule has 3 heterocycles. The highest BCUT2D eigenvalue weighted by atomic mass is 16.6. The van der Waals surface area contributed by atoms with Crippen molar-refractivity contribution in [1.29, 1.82) is 0 Å². The standard InChI is InChI=1S/C23H27N3O6/c1-30-8-7-25-21(28)11-16-10-18-17-9-15(26-23(29)14-3-2-6-24-12-14)4-5-19(17)32-22(18)20(13-27)31-16/h2-6,9,12,16,18,20,22,27H,7-8,10-11,13H2,1H3,(H,25,28)(H,26,29)/t16-,18-,20-,22+/m0/s1. The number of nitrogens with one attached hydrogen (secondary N) is 2. The lowest BCUT2D eigenvalue weighted by Gasteiger charge is -2.37. The van der Waals surface area contributed by atoms with Crippen LogP contribution in [0.15, 0.2) is 42.7 Å². The normalized spacial score (nSPS) is 23.6. The molecule has 4 rings (SSSR count). The minimum atomic E-state index is -0.536. The van der Waals surface area contributed by atoms with Crippen molar-refractivity contribution in [3.8, 4) is 5.75 Å². The number of nitrogens with zero attached hydrogens (tertiary/aromatic N) is 1. The molecule has 1 fully saturated rings. The predicted octanol–water partition coefficient (Wildman–Crippen LogP) is 1.48. The van der Waals surface area contributed by atoms with Gasteiger partial charge in [0.1, 0.15) is 18.0 Å². The third-order valence-electron chi connectivity index (χ3n) is 5.72. The molecule has 2 aliphatic rings. The van der Waals surface area contributed by atoms with Gasteiger partial charge < -0.3 is 30.0 Å². The summed E-state index contributed by atoms with van der Waals surface area (Å²) >= 11 is 0. The Morgan fingerprint density at radius 2 is 2.19 bits per heavy atom. The number of hydrogen-bond donors (Lipinski definition) is 3. The quantitative estimate of drug-likeness (QED) is 0.531. The van der Waals surface area contributed by atoms with Gasteiger partial charge in [-0.2, -0.15) is 0 Å². The summed E-state index contributed by atoms with van der Waals surface area (Å²) in [5.74, 6) is 0.271. The molecule has 2 amide bonds. The van der Waals surface area contributed by atoms with Gasteiger partial charge in [-0.1, -0.05) is 0 Å². The molecule has 3 N–H and O–H groups in total. The van der Waals surface area contributed by atoms with Crippen molar-refractivity contribution in [1.82, 2.24) is 10.3 Å². The van der Waals surface area contributed by atoms with Crippen LogP contribution in [0.1, 0.15) is 34.7 Å². The lowest BCUT2D eigenvalue weighted by atomic mass is 9.84. The fourth-order valence-electron chi connectivity index (χ4n) is 4.24. The van der Waals surface area contributed by atoms with Crippen molar-refractivity contribution in [2.24, 2.45) is 0 Å². The summed E-state index contributed by atoms with van der Waals surface area (Å²) in [6.07, 6.45) is 2.66. The van der Waals surface area contributed by atoms with Gasteiger partial charge in [0.15, 0.2) is 0 Å². The Labute approximate surface area is 186 Å². The second-order valence-electron chi connectivity index (χ2n) is 7.90. The van der Waals surface area contributed by atoms with Crippen molar-refractivity contribution >= 4 is 17.5 Å². The first-order valence-corrected chi connectivity index (χ1v) is 10.6. The molecule has 9 heteroatoms. The molecule has 0 bridgehead atoms. The second kappa shape index (κ2) is 10.1. The van der Waals surface area contributed by atoms with Gasteiger partial charge in [0.05, 0.1) is 31.3 Å². The summed E-state index contributed by atoms with van der Waals surface area (Å²) in [7, 11) is 1.58. The number of rotatable bonds is 8. The van der Waals surface area contributed by atoms with Crippen LogP contribution in [0.4, 0.5) is 5.69 Å². The van der Waals surface area contributed by atoms with Gasteiger partial charge in [-0.3, -0.25) is 14.6 Å². The largest absolute Gasteiger partial charge is 0.487 e. The topological polar surface area (TPSA) is 119 Å². The molecule has 4 atom stereocenters. The van der Waals surface area contributed by atoms with Gasteiger partial charge in [0.2, 0.25) is 5.91 Å². The number of fused-ring (bicyclic) bond motifs is 3. The molecule has 0 saturated carbocycles. The lowest BCUT2D eigenvalue weighted by Crippen LogP contribution is -2.47. The first-order valence-electron chi connectivity index (χ1n) is 10.6. The number of carbonyl (C=O) groups is 2. The molecule has 2 aromatic rings. The zero-order valence-corrected chi connectivity index (χ0v) is 17.8. The molecule has 9 nitrogen and oxygen atoms in total. The van der Waals surface area contributed by atoms with E-state index in [0.717, 1.165) is 5.56 Å². The van der Waals surface area contributed by atoms with E-state index in [2.05, 4.69) is 15.6 Å². The van der Waals surface area contributed by atoms with Crippen LogP contribution in [0.2, 0.25) is 0 Å². The van der Waals surface area contributed by atoms with E-state index in [9.17, 15) is 14.7 Å². The SMILES string of the molecule is COCCNC(=O)C[C@@H]1C[C@H]2c3cc(NC(=O)c4cccnc4)ccc3O[C@H]2[C@H](CO)O1. The van der Waals surface area contributed by atoms with Crippen molar-refractivity contribution in [3.63, 3.8) is 0 Å². The number of aliphatic hydroxyl groups is 1. The first-order chi connectivity index (χ1) is 15.6. The third-order valence-corrected chi connectivity index (χ3v) is 5.72. The number of aromatic nitrogens is 1. The van der Waals surface area contributed by atoms with Crippen LogP contribution in [0.25, 0.3) is 0 Å². The van der Waals surface area contributed by atoms with Crippen molar-refractivity contribution in [3.05, 3.63) is 53.9 Å². The summed E-state index contributed by atoms with van der Waals surface area (Å²) in [5, 5.41) is 15.5. The van der Waals surface area contributed by atoms with E-state index in [1.165, 1.54) is 6.20 Å². The van der Waals surface area contributed by atoms with E-state index in [-0.39, 0.29) is 43.0 Å². The number of carbonyl (C=O) groups excluding carboxylic acids is 2. The molecule has 1 aromatic carbocycles. The number of methoxy groups -OCH3 is 1. The Morgan fingerprint density at radius 3 is 2.94 bits per heavy atom. The lowest BCUT2D eigenvalue weighted by molar-refractivity contribution is -0.142. The maximum Gasteiger partial charge on any atom is 0.257 e. The van der Waals surface area contributed by atoms with Crippen LogP contribution >= 0.6 is 0 Å². The zero-order chi connectivity index (χ0) is 22.5. The zero-order valence-electron chi connectivity index (χ0n) is 17.8. The Balaban J connectivity index is 1.47. The van der Waals surface area contributed by atoms with Crippen molar-refractivity contribution in [2.75, 3.05) is 32.2 Å². The van der Waals surface area contributed by atoms with Crippen LogP contribution in [-0.2, 0) is 14.3 Å². The van der Waals surface area contributed by atoms with E-state index in [0.29, 0.717) is 36.6 Å². The average molecular weight is 441 g/mol. The monoisotopic (exact) mass is 441 g/mol. The van der Waals surface area contributed by atoms with Crippen molar-refractivity contribution in [2.45, 2.75) is 37.1 Å². The van der Waals surface area contributed by atoms with Crippen molar-refractivity contribution < 1.29 is 28.9 Å². The van der Waals surface area contributed by atoms with Crippen LogP contribution in [-0.4, -0.2) is 67.1 Å². The van der Waals surface area contributed by atoms with E-state index in [4.69, 9.17) is 14.2 Å². The minimum absolute atomic E-state index is 0.0529. The Morgan fingerprint density at radius 1 is 1.31 bits per heavy atom. The van der Waals surface area contributed by atoms with E-state index in [1.807, 2.05) is 12.1 Å². The van der Waals surface area contributed by atoms with E-state index in [1.54, 1.807) is 31.5 Å². The number of hydrogen-bond acceptors (Lipinski definition) is 7. The highest BCUT2D eigenvalue weighted by Crippen LogP contribution is 2.47. The average Bonchev–Trinajstić information content (AvgIpc) is 3.17. The van der Waals surface area contributed by atoms with E-state index < -0.39 is 6.10 Å². The number of ether oxygens (including phenoxy) is 3. The smallest absolute Gasteiger partial charge is 0.257 e. The molecule has 1 aromatic heterocycles. The van der Waals surface area contributed by atoms with Crippen LogP contribution in [0.5, 0.6) is 5.75 Å². The second-order valence-corrected chi connectivity index (χ2v) is 7.90. The maximum atomic E-state index is 12.5. The van der Waals surface area contributed by atoms with Crippen LogP contribution < -0.4 is 15.4 Å². The Hall–Kier alpha value is -3.01. The highest BCUT2D eigenvalue weighted by molar-refractivity contribution is 6.04. The Bertz CT molecular complexity index is 954. The number of aliphatic hydroxyl groups excluding tert-OH is 1. The maximum absolute atomic E-state index is 12.5. The fourth-order valence-corrected chi connectivity index (χ4v) is 4.24. The highest BCUT2D eigenvalue weighted by Gasteiger charge is 2.46. The number of benzene rings is 1. The van der Waals surface area contributed by atoms with Gasteiger partial charge in [0, 0.05) is 43.2 Å². The third kappa shape index (κ3) is 4.90. The Kier molecular flexibility index (Phi) is 6.99. The predicted molar refractivity (Wildman–Crippen MR) is 116 cm³/mol. The van der Waals surface area contributed by atoms with Gasteiger partial charge >= 0.3 is 0 Å². The summed E-state index contributed by atoms with van der Waals surface area (Å²) in [4.78, 5) is 28.7. The summed E-state index contributed by atoms with van der Waals surface area (Å²) in [6, 6.07) is 8.89. The number of pyridine rings is 1. The van der Waals surface area contributed by atoms with Gasteiger partial charge in [-0.15, -0.1) is 0 Å². The number of amides is 2. The molecule has 32 heavy (non-hydrogen) atoms.